The van der Waals surface area contributed by atoms with Gasteiger partial charge in [0, 0.05) is 0 Å². The SMILES string of the molecule is OCC1NC1C(F)(F)F. The molecule has 1 saturated heterocycles. The molecule has 5 heteroatoms. The molecule has 2 unspecified atom stereocenters. The van der Waals surface area contributed by atoms with Crippen molar-refractivity contribution < 1.29 is 18.3 Å². The largest absolute Gasteiger partial charge is 0.405 e. The number of alkyl halides is 3. The van der Waals surface area contributed by atoms with Gasteiger partial charge in [0.2, 0.25) is 0 Å². The van der Waals surface area contributed by atoms with Crippen molar-refractivity contribution in [2.75, 3.05) is 6.61 Å². The predicted octanol–water partition coefficient (Wildman–Crippen LogP) is -0.119. The van der Waals surface area contributed by atoms with Crippen molar-refractivity contribution in [1.29, 1.82) is 0 Å². The molecular weight excluding hydrogens is 135 g/mol. The van der Waals surface area contributed by atoms with E-state index in [1.54, 1.807) is 0 Å². The van der Waals surface area contributed by atoms with Crippen LogP contribution in [-0.2, 0) is 0 Å². The molecule has 1 rings (SSSR count). The first-order valence-electron chi connectivity index (χ1n) is 2.49. The van der Waals surface area contributed by atoms with Crippen LogP contribution in [-0.4, -0.2) is 30.0 Å². The minimum atomic E-state index is -4.19. The summed E-state index contributed by atoms with van der Waals surface area (Å²) in [6.07, 6.45) is -4.19. The smallest absolute Gasteiger partial charge is 0.395 e. The van der Waals surface area contributed by atoms with E-state index in [2.05, 4.69) is 5.32 Å². The first kappa shape index (κ1) is 6.82. The van der Waals surface area contributed by atoms with Crippen molar-refractivity contribution in [3.05, 3.63) is 0 Å². The van der Waals surface area contributed by atoms with E-state index in [0.29, 0.717) is 0 Å². The molecule has 0 spiro atoms. The Morgan fingerprint density at radius 2 is 2.00 bits per heavy atom. The summed E-state index contributed by atoms with van der Waals surface area (Å²) in [5.41, 5.74) is 0. The van der Waals surface area contributed by atoms with Crippen LogP contribution >= 0.6 is 0 Å². The number of aliphatic hydroxyl groups excluding tert-OH is 1. The average molecular weight is 141 g/mol. The highest BCUT2D eigenvalue weighted by Gasteiger charge is 2.55. The zero-order valence-electron chi connectivity index (χ0n) is 4.44. The monoisotopic (exact) mass is 141 g/mol. The second-order valence-electron chi connectivity index (χ2n) is 1.98. The highest BCUT2D eigenvalue weighted by molar-refractivity contribution is 5.02. The average Bonchev–Trinajstić information content (AvgIpc) is 2.39. The molecular formula is C4H6F3NO. The number of halogens is 3. The van der Waals surface area contributed by atoms with Gasteiger partial charge in [-0.15, -0.1) is 0 Å². The third-order valence-electron chi connectivity index (χ3n) is 1.24. The molecule has 0 aromatic carbocycles. The third kappa shape index (κ3) is 1.34. The van der Waals surface area contributed by atoms with Crippen LogP contribution in [0.1, 0.15) is 0 Å². The standard InChI is InChI=1S/C4H6F3NO/c5-4(6,7)3-2(1-9)8-3/h2-3,8-9H,1H2. The highest BCUT2D eigenvalue weighted by atomic mass is 19.4. The summed E-state index contributed by atoms with van der Waals surface area (Å²) in [5.74, 6) is 0. The van der Waals surface area contributed by atoms with Crippen molar-refractivity contribution >= 4 is 0 Å². The van der Waals surface area contributed by atoms with E-state index in [9.17, 15) is 13.2 Å². The molecule has 0 saturated carbocycles. The zero-order valence-corrected chi connectivity index (χ0v) is 4.44. The summed E-state index contributed by atoms with van der Waals surface area (Å²) >= 11 is 0. The van der Waals surface area contributed by atoms with Crippen molar-refractivity contribution in [3.63, 3.8) is 0 Å². The molecule has 2 atom stereocenters. The first-order chi connectivity index (χ1) is 4.05. The van der Waals surface area contributed by atoms with Crippen LogP contribution in [0.15, 0.2) is 0 Å². The molecule has 0 radical (unpaired) electrons. The highest BCUT2D eigenvalue weighted by Crippen LogP contribution is 2.30. The molecule has 54 valence electrons. The first-order valence-corrected chi connectivity index (χ1v) is 2.49. The summed E-state index contributed by atoms with van der Waals surface area (Å²) in [4.78, 5) is 0. The minimum absolute atomic E-state index is 0.440. The predicted molar refractivity (Wildman–Crippen MR) is 23.9 cm³/mol. The molecule has 0 amide bonds. The van der Waals surface area contributed by atoms with Gasteiger partial charge in [-0.25, -0.2) is 0 Å². The van der Waals surface area contributed by atoms with E-state index >= 15 is 0 Å². The van der Waals surface area contributed by atoms with Gasteiger partial charge in [-0.3, -0.25) is 5.32 Å². The molecule has 0 bridgehead atoms. The molecule has 2 N–H and O–H groups in total. The second-order valence-corrected chi connectivity index (χ2v) is 1.98. The number of rotatable bonds is 1. The van der Waals surface area contributed by atoms with Gasteiger partial charge >= 0.3 is 6.18 Å². The van der Waals surface area contributed by atoms with Crippen LogP contribution in [0.3, 0.4) is 0 Å². The van der Waals surface area contributed by atoms with Crippen LogP contribution in [0.2, 0.25) is 0 Å². The lowest BCUT2D eigenvalue weighted by atomic mass is 10.3. The van der Waals surface area contributed by atoms with Crippen LogP contribution in [0.4, 0.5) is 13.2 Å². The molecule has 1 aliphatic heterocycles. The Kier molecular flexibility index (Phi) is 1.40. The fraction of sp³-hybridized carbons (Fsp3) is 1.00. The van der Waals surface area contributed by atoms with Gasteiger partial charge in [0.15, 0.2) is 0 Å². The van der Waals surface area contributed by atoms with Gasteiger partial charge in [0.1, 0.15) is 6.04 Å². The molecule has 2 nitrogen and oxygen atoms in total. The molecule has 9 heavy (non-hydrogen) atoms. The van der Waals surface area contributed by atoms with E-state index in [0.717, 1.165) is 0 Å². The number of aliphatic hydroxyl groups is 1. The summed E-state index contributed by atoms with van der Waals surface area (Å²) in [6, 6.07) is -2.23. The molecule has 1 fully saturated rings. The lowest BCUT2D eigenvalue weighted by Crippen LogP contribution is -2.20. The zero-order chi connectivity index (χ0) is 7.07. The third-order valence-corrected chi connectivity index (χ3v) is 1.24. The van der Waals surface area contributed by atoms with Crippen LogP contribution in [0.5, 0.6) is 0 Å². The fourth-order valence-corrected chi connectivity index (χ4v) is 0.656. The quantitative estimate of drug-likeness (QED) is 0.500. The van der Waals surface area contributed by atoms with Crippen LogP contribution in [0, 0.1) is 0 Å². The van der Waals surface area contributed by atoms with E-state index in [1.165, 1.54) is 0 Å². The number of nitrogens with one attached hydrogen (secondary N) is 1. The Morgan fingerprint density at radius 3 is 2.11 bits per heavy atom. The van der Waals surface area contributed by atoms with Crippen molar-refractivity contribution in [1.82, 2.24) is 5.32 Å². The van der Waals surface area contributed by atoms with Gasteiger partial charge in [-0.05, 0) is 0 Å². The Hall–Kier alpha value is -0.290. The topological polar surface area (TPSA) is 42.2 Å². The van der Waals surface area contributed by atoms with Gasteiger partial charge < -0.3 is 5.11 Å². The Labute approximate surface area is 49.7 Å². The summed E-state index contributed by atoms with van der Waals surface area (Å²) in [6.45, 7) is -0.440. The number of hydrogen-bond donors (Lipinski definition) is 2. The summed E-state index contributed by atoms with van der Waals surface area (Å²) < 4.78 is 34.5. The number of hydrogen-bond acceptors (Lipinski definition) is 2. The van der Waals surface area contributed by atoms with Crippen molar-refractivity contribution in [3.8, 4) is 0 Å². The molecule has 0 aromatic heterocycles. The van der Waals surface area contributed by atoms with Gasteiger partial charge in [-0.1, -0.05) is 0 Å². The molecule has 1 heterocycles. The van der Waals surface area contributed by atoms with E-state index in [4.69, 9.17) is 5.11 Å². The van der Waals surface area contributed by atoms with E-state index in [1.807, 2.05) is 0 Å². The molecule has 0 aromatic rings. The maximum absolute atomic E-state index is 11.5. The van der Waals surface area contributed by atoms with Crippen molar-refractivity contribution in [2.24, 2.45) is 0 Å². The lowest BCUT2D eigenvalue weighted by molar-refractivity contribution is -0.130. The van der Waals surface area contributed by atoms with Gasteiger partial charge in [-0.2, -0.15) is 13.2 Å². The Bertz CT molecular complexity index is 113. The van der Waals surface area contributed by atoms with E-state index in [-0.39, 0.29) is 0 Å². The maximum atomic E-state index is 11.5. The molecule has 1 aliphatic rings. The van der Waals surface area contributed by atoms with Crippen molar-refractivity contribution in [2.45, 2.75) is 18.3 Å². The summed E-state index contributed by atoms with van der Waals surface area (Å²) in [5, 5.41) is 10.3. The Balaban J connectivity index is 2.33. The van der Waals surface area contributed by atoms with Gasteiger partial charge in [0.05, 0.1) is 12.6 Å². The van der Waals surface area contributed by atoms with Crippen LogP contribution in [0.25, 0.3) is 0 Å². The van der Waals surface area contributed by atoms with Gasteiger partial charge in [0.25, 0.3) is 0 Å². The molecule has 0 aliphatic carbocycles. The van der Waals surface area contributed by atoms with Crippen LogP contribution < -0.4 is 5.32 Å². The lowest BCUT2D eigenvalue weighted by Gasteiger charge is -2.00. The normalized spacial score (nSPS) is 34.7. The second kappa shape index (κ2) is 1.85. The Morgan fingerprint density at radius 1 is 1.44 bits per heavy atom. The summed E-state index contributed by atoms with van der Waals surface area (Å²) in [7, 11) is 0. The fourth-order valence-electron chi connectivity index (χ4n) is 0.656. The maximum Gasteiger partial charge on any atom is 0.405 e. The minimum Gasteiger partial charge on any atom is -0.395 e. The van der Waals surface area contributed by atoms with E-state index < -0.39 is 24.9 Å².